The Morgan fingerprint density at radius 1 is 1.29 bits per heavy atom. The van der Waals surface area contributed by atoms with Gasteiger partial charge in [-0.2, -0.15) is 5.10 Å². The largest absolute Gasteiger partial charge is 0.466 e. The Hall–Kier alpha value is -3.17. The van der Waals surface area contributed by atoms with Crippen LogP contribution in [0.4, 0.5) is 5.82 Å². The van der Waals surface area contributed by atoms with Crippen LogP contribution in [0.3, 0.4) is 0 Å². The second-order valence-electron chi connectivity index (χ2n) is 7.91. The van der Waals surface area contributed by atoms with Gasteiger partial charge in [0.05, 0.1) is 25.3 Å². The third-order valence-electron chi connectivity index (χ3n) is 5.24. The Balaban J connectivity index is 1.53. The Bertz CT molecular complexity index is 1090. The molecule has 2 aromatic rings. The van der Waals surface area contributed by atoms with Gasteiger partial charge in [-0.1, -0.05) is 29.3 Å². The van der Waals surface area contributed by atoms with E-state index in [1.165, 1.54) is 5.56 Å². The number of nitrogens with zero attached hydrogens (tertiary/aromatic N) is 2. The molecular weight excluding hydrogens is 491 g/mol. The van der Waals surface area contributed by atoms with E-state index >= 15 is 0 Å². The number of amides is 1. The number of fused-ring (bicyclic) bond motifs is 1. The first kappa shape index (κ1) is 26.4. The first-order valence-electron chi connectivity index (χ1n) is 11.3. The number of pyridine rings is 1. The number of hydrogen-bond acceptors (Lipinski definition) is 8. The summed E-state index contributed by atoms with van der Waals surface area (Å²) in [5.41, 5.74) is 5.13. The molecule has 0 saturated heterocycles. The summed E-state index contributed by atoms with van der Waals surface area (Å²) in [5, 5.41) is 18.7. The number of nitrogens with one attached hydrogen (secondary N) is 4. The molecule has 9 nitrogen and oxygen atoms in total. The molecule has 0 saturated carbocycles. The molecule has 2 heterocycles. The molecule has 1 amide bonds. The van der Waals surface area contributed by atoms with E-state index in [1.54, 1.807) is 25.1 Å². The maximum absolute atomic E-state index is 12.6. The van der Waals surface area contributed by atoms with Crippen molar-refractivity contribution in [1.82, 2.24) is 15.7 Å². The van der Waals surface area contributed by atoms with Crippen molar-refractivity contribution in [3.05, 3.63) is 57.2 Å². The van der Waals surface area contributed by atoms with Crippen LogP contribution < -0.4 is 16.1 Å². The highest BCUT2D eigenvalue weighted by Gasteiger charge is 2.22. The van der Waals surface area contributed by atoms with E-state index in [4.69, 9.17) is 33.3 Å². The van der Waals surface area contributed by atoms with Crippen molar-refractivity contribution in [3.63, 3.8) is 0 Å². The average Bonchev–Trinajstić information content (AvgIpc) is 2.82. The number of carbonyl (C=O) groups excluding carboxylic acids is 2. The van der Waals surface area contributed by atoms with Crippen molar-refractivity contribution in [2.45, 2.75) is 38.6 Å². The van der Waals surface area contributed by atoms with Gasteiger partial charge in [-0.3, -0.25) is 15.0 Å². The van der Waals surface area contributed by atoms with E-state index in [9.17, 15) is 9.59 Å². The van der Waals surface area contributed by atoms with Gasteiger partial charge < -0.3 is 20.8 Å². The van der Waals surface area contributed by atoms with Crippen LogP contribution in [-0.4, -0.2) is 48.5 Å². The smallest absolute Gasteiger partial charge is 0.308 e. The first-order valence-corrected chi connectivity index (χ1v) is 12.1. The number of hydrogen-bond donors (Lipinski definition) is 4. The number of halogens is 2. The summed E-state index contributed by atoms with van der Waals surface area (Å²) in [4.78, 5) is 29.2. The third kappa shape index (κ3) is 8.22. The number of anilines is 1. The monoisotopic (exact) mass is 518 g/mol. The molecule has 4 N–H and O–H groups in total. The molecule has 0 aliphatic carbocycles. The predicted octanol–water partition coefficient (Wildman–Crippen LogP) is 3.69. The fourth-order valence-electron chi connectivity index (χ4n) is 3.58. The Morgan fingerprint density at radius 2 is 2.06 bits per heavy atom. The lowest BCUT2D eigenvalue weighted by molar-refractivity contribution is -0.143. The van der Waals surface area contributed by atoms with E-state index < -0.39 is 17.9 Å². The molecule has 0 radical (unpaired) electrons. The Morgan fingerprint density at radius 3 is 2.80 bits per heavy atom. The van der Waals surface area contributed by atoms with Gasteiger partial charge in [0.25, 0.3) is 5.91 Å². The van der Waals surface area contributed by atoms with Crippen LogP contribution in [0.25, 0.3) is 0 Å². The van der Waals surface area contributed by atoms with Crippen LogP contribution in [0, 0.1) is 5.41 Å². The van der Waals surface area contributed by atoms with Crippen molar-refractivity contribution >= 4 is 52.8 Å². The van der Waals surface area contributed by atoms with E-state index in [1.807, 2.05) is 6.07 Å². The molecule has 1 atom stereocenters. The molecule has 0 fully saturated rings. The summed E-state index contributed by atoms with van der Waals surface area (Å²) in [6.07, 6.45) is 3.77. The van der Waals surface area contributed by atoms with Crippen molar-refractivity contribution in [2.24, 2.45) is 5.10 Å². The molecule has 0 bridgehead atoms. The van der Waals surface area contributed by atoms with E-state index in [0.717, 1.165) is 37.1 Å². The minimum atomic E-state index is -0.775. The second kappa shape index (κ2) is 13.1. The highest BCUT2D eigenvalue weighted by molar-refractivity contribution is 6.59. The van der Waals surface area contributed by atoms with Gasteiger partial charge in [0.2, 0.25) is 0 Å². The maximum Gasteiger partial charge on any atom is 0.308 e. The second-order valence-corrected chi connectivity index (χ2v) is 8.78. The average molecular weight is 519 g/mol. The summed E-state index contributed by atoms with van der Waals surface area (Å²) >= 11 is 12.2. The van der Waals surface area contributed by atoms with E-state index in [2.05, 4.69) is 32.2 Å². The number of benzene rings is 1. The lowest BCUT2D eigenvalue weighted by atomic mass is 10.0. The van der Waals surface area contributed by atoms with Crippen LogP contribution in [0.15, 0.2) is 35.4 Å². The van der Waals surface area contributed by atoms with Crippen molar-refractivity contribution < 1.29 is 14.3 Å². The molecule has 3 rings (SSSR count). The highest BCUT2D eigenvalue weighted by atomic mass is 35.5. The summed E-state index contributed by atoms with van der Waals surface area (Å²) < 4.78 is 5.00. The number of carbonyl (C=O) groups is 2. The minimum Gasteiger partial charge on any atom is -0.466 e. The van der Waals surface area contributed by atoms with Crippen molar-refractivity contribution in [3.8, 4) is 0 Å². The van der Waals surface area contributed by atoms with Crippen LogP contribution >= 0.6 is 23.2 Å². The topological polar surface area (TPSA) is 129 Å². The third-order valence-corrected chi connectivity index (χ3v) is 5.68. The lowest BCUT2D eigenvalue weighted by Gasteiger charge is -2.19. The molecule has 0 unspecified atom stereocenters. The molecule has 11 heteroatoms. The summed E-state index contributed by atoms with van der Waals surface area (Å²) in [5.74, 6) is -0.265. The normalized spacial score (nSPS) is 13.5. The highest BCUT2D eigenvalue weighted by Crippen LogP contribution is 2.26. The van der Waals surface area contributed by atoms with Gasteiger partial charge in [0.1, 0.15) is 11.5 Å². The van der Waals surface area contributed by atoms with Gasteiger partial charge in [0.15, 0.2) is 0 Å². The zero-order valence-corrected chi connectivity index (χ0v) is 20.9. The SMILES string of the molecule is CCOC(=O)C[C@H](NC(=O)C(=N)/C=N\NCCc1ccc2c(n1)NCCC2)c1cc(Cl)cc(Cl)c1. The van der Waals surface area contributed by atoms with Gasteiger partial charge in [-0.15, -0.1) is 0 Å². The standard InChI is InChI=1S/C24H28Cl2N6O3/c1-2-35-22(33)13-21(16-10-17(25)12-18(26)11-16)32-24(34)20(27)14-30-29-9-7-19-6-5-15-4-3-8-28-23(15)31-19/h5-6,10-12,14,21,27,29H,2-4,7-9,13H2,1H3,(H,28,31)(H,32,34)/b27-20?,30-14-/t21-/m0/s1. The zero-order chi connectivity index (χ0) is 25.2. The lowest BCUT2D eigenvalue weighted by Crippen LogP contribution is -2.36. The fraction of sp³-hybridized carbons (Fsp3) is 0.375. The summed E-state index contributed by atoms with van der Waals surface area (Å²) in [7, 11) is 0. The molecule has 1 aliphatic heterocycles. The van der Waals surface area contributed by atoms with Crippen LogP contribution in [-0.2, 0) is 27.2 Å². The molecular formula is C24H28Cl2N6O3. The van der Waals surface area contributed by atoms with Crippen molar-refractivity contribution in [1.29, 1.82) is 5.41 Å². The molecule has 0 spiro atoms. The molecule has 1 aromatic carbocycles. The summed E-state index contributed by atoms with van der Waals surface area (Å²) in [6, 6.07) is 8.06. The van der Waals surface area contributed by atoms with Gasteiger partial charge in [-0.05, 0) is 55.2 Å². The Kier molecular flexibility index (Phi) is 9.86. The molecule has 1 aliphatic rings. The Labute approximate surface area is 214 Å². The van der Waals surface area contributed by atoms with Crippen molar-refractivity contribution in [2.75, 3.05) is 25.0 Å². The first-order chi connectivity index (χ1) is 16.9. The van der Waals surface area contributed by atoms with Crippen LogP contribution in [0.1, 0.15) is 42.6 Å². The number of ether oxygens (including phenoxy) is 1. The number of aryl methyl sites for hydroxylation is 1. The summed E-state index contributed by atoms with van der Waals surface area (Å²) in [6.45, 7) is 3.33. The molecule has 35 heavy (non-hydrogen) atoms. The molecule has 186 valence electrons. The number of esters is 1. The van der Waals surface area contributed by atoms with Gasteiger partial charge >= 0.3 is 5.97 Å². The zero-order valence-electron chi connectivity index (χ0n) is 19.4. The van der Waals surface area contributed by atoms with Crippen LogP contribution in [0.2, 0.25) is 10.0 Å². The van der Waals surface area contributed by atoms with Crippen LogP contribution in [0.5, 0.6) is 0 Å². The fourth-order valence-corrected chi connectivity index (χ4v) is 4.12. The number of rotatable bonds is 11. The van der Waals surface area contributed by atoms with E-state index in [-0.39, 0.29) is 18.7 Å². The quantitative estimate of drug-likeness (QED) is 0.155. The van der Waals surface area contributed by atoms with E-state index in [0.29, 0.717) is 28.6 Å². The maximum atomic E-state index is 12.6. The minimum absolute atomic E-state index is 0.137. The number of aromatic nitrogens is 1. The van der Waals surface area contributed by atoms with Gasteiger partial charge in [0, 0.05) is 35.2 Å². The molecule has 1 aromatic heterocycles. The predicted molar refractivity (Wildman–Crippen MR) is 138 cm³/mol. The number of hydrazone groups is 1. The van der Waals surface area contributed by atoms with Gasteiger partial charge in [-0.25, -0.2) is 4.98 Å².